The molecule has 55 heavy (non-hydrogen) atoms. The fraction of sp³-hybridized carbons (Fsp3) is 0.735. The van der Waals surface area contributed by atoms with Crippen molar-refractivity contribution in [3.63, 3.8) is 0 Å². The van der Waals surface area contributed by atoms with E-state index in [1.165, 1.54) is 19.9 Å². The van der Waals surface area contributed by atoms with Gasteiger partial charge in [0, 0.05) is 23.2 Å². The first-order chi connectivity index (χ1) is 25.7. The standard InChI is InChI=1S/C34H45F2N3O16/c1-31-9-8-19(40)13-22(31)23(35)14-21-20-15-25(41)34(47,32(20,2)17-26(42)33(21,31)36)27(43)18-53-29(45)16-24(30(46)52-10-5-6-12-55-39(50)51)37-28(44)7-3-4-11-54-38(48)49/h8-9,13,20-21,23-26,41-42,47H,3-7,10-12,14-18H2,1-2H3,(H,37,44)/t20-,21-,23-,24?,25-,26-,31-,32-,33-,34-/m0/s1. The summed E-state index contributed by atoms with van der Waals surface area (Å²) in [5.41, 5.74) is -8.91. The van der Waals surface area contributed by atoms with Crippen LogP contribution in [0.2, 0.25) is 0 Å². The molecule has 0 aromatic rings. The first-order valence-corrected chi connectivity index (χ1v) is 17.8. The number of alkyl halides is 2. The number of amides is 1. The van der Waals surface area contributed by atoms with Gasteiger partial charge >= 0.3 is 11.9 Å². The van der Waals surface area contributed by atoms with Crippen LogP contribution in [0.15, 0.2) is 23.8 Å². The topological polar surface area (TPSA) is 281 Å². The Bertz CT molecular complexity index is 1610. The number of aliphatic hydroxyl groups is 3. The number of esters is 2. The average Bonchev–Trinajstić information content (AvgIpc) is 3.31. The van der Waals surface area contributed by atoms with Gasteiger partial charge in [-0.15, -0.1) is 20.2 Å². The number of allylic oxidation sites excluding steroid dienone is 4. The summed E-state index contributed by atoms with van der Waals surface area (Å²) in [4.78, 5) is 93.0. The molecule has 0 spiro atoms. The molecular weight excluding hydrogens is 744 g/mol. The number of fused-ring (bicyclic) bond motifs is 5. The molecule has 4 aliphatic carbocycles. The molecule has 4 N–H and O–H groups in total. The Labute approximate surface area is 312 Å². The van der Waals surface area contributed by atoms with Gasteiger partial charge in [-0.1, -0.05) is 13.0 Å². The number of aliphatic hydroxyl groups excluding tert-OH is 2. The molecular formula is C34H45F2N3O16. The zero-order chi connectivity index (χ0) is 40.9. The highest BCUT2D eigenvalue weighted by Crippen LogP contribution is 2.70. The van der Waals surface area contributed by atoms with Crippen LogP contribution in [0, 0.1) is 42.9 Å². The number of hydrogen-bond donors (Lipinski definition) is 4. The summed E-state index contributed by atoms with van der Waals surface area (Å²) in [6.07, 6.45) is -4.44. The minimum Gasteiger partial charge on any atom is -0.464 e. The number of halogens is 2. The van der Waals surface area contributed by atoms with Gasteiger partial charge in [-0.3, -0.25) is 19.2 Å². The normalized spacial score (nSPS) is 33.8. The Morgan fingerprint density at radius 1 is 0.964 bits per heavy atom. The molecule has 10 atom stereocenters. The molecule has 0 aromatic heterocycles. The molecule has 0 aromatic carbocycles. The average molecular weight is 790 g/mol. The highest BCUT2D eigenvalue weighted by Gasteiger charge is 2.77. The molecule has 19 nitrogen and oxygen atoms in total. The molecule has 1 amide bonds. The summed E-state index contributed by atoms with van der Waals surface area (Å²) >= 11 is 0. The second-order valence-electron chi connectivity index (χ2n) is 14.7. The summed E-state index contributed by atoms with van der Waals surface area (Å²) in [5.74, 6) is -7.27. The van der Waals surface area contributed by atoms with E-state index in [-0.39, 0.29) is 63.9 Å². The third-order valence-electron chi connectivity index (χ3n) is 11.6. The Hall–Kier alpha value is -4.63. The third kappa shape index (κ3) is 8.47. The van der Waals surface area contributed by atoms with Crippen LogP contribution in [-0.2, 0) is 43.1 Å². The number of carbonyl (C=O) groups is 5. The van der Waals surface area contributed by atoms with Crippen LogP contribution < -0.4 is 5.32 Å². The molecule has 306 valence electrons. The molecule has 21 heteroatoms. The molecule has 0 saturated heterocycles. The zero-order valence-corrected chi connectivity index (χ0v) is 30.2. The van der Waals surface area contributed by atoms with Gasteiger partial charge in [-0.05, 0) is 75.5 Å². The van der Waals surface area contributed by atoms with Crippen molar-refractivity contribution in [3.8, 4) is 0 Å². The smallest absolute Gasteiger partial charge is 0.329 e. The number of ether oxygens (including phenoxy) is 2. The van der Waals surface area contributed by atoms with Crippen molar-refractivity contribution < 1.29 is 77.4 Å². The van der Waals surface area contributed by atoms with Crippen LogP contribution in [-0.4, -0.2) is 117 Å². The van der Waals surface area contributed by atoms with Crippen molar-refractivity contribution in [2.45, 2.75) is 107 Å². The van der Waals surface area contributed by atoms with E-state index >= 15 is 8.78 Å². The maximum absolute atomic E-state index is 17.4. The Morgan fingerprint density at radius 2 is 1.58 bits per heavy atom. The summed E-state index contributed by atoms with van der Waals surface area (Å²) in [6, 6.07) is -1.67. The monoisotopic (exact) mass is 789 g/mol. The molecule has 4 rings (SSSR count). The predicted octanol–water partition coefficient (Wildman–Crippen LogP) is 0.905. The van der Waals surface area contributed by atoms with Crippen LogP contribution in [0.3, 0.4) is 0 Å². The molecule has 3 fully saturated rings. The number of nitrogens with one attached hydrogen (secondary N) is 1. The molecule has 0 heterocycles. The second kappa shape index (κ2) is 17.0. The minimum atomic E-state index is -2.72. The van der Waals surface area contributed by atoms with E-state index in [0.29, 0.717) is 0 Å². The van der Waals surface area contributed by atoms with Gasteiger partial charge in [0.2, 0.25) is 11.7 Å². The van der Waals surface area contributed by atoms with Crippen LogP contribution in [0.4, 0.5) is 8.78 Å². The van der Waals surface area contributed by atoms with Gasteiger partial charge in [0.25, 0.3) is 10.2 Å². The van der Waals surface area contributed by atoms with Crippen molar-refractivity contribution in [2.24, 2.45) is 22.7 Å². The number of ketones is 2. The number of carbonyl (C=O) groups excluding carboxylic acids is 5. The van der Waals surface area contributed by atoms with Gasteiger partial charge in [-0.2, -0.15) is 0 Å². The van der Waals surface area contributed by atoms with Crippen molar-refractivity contribution in [2.75, 3.05) is 26.4 Å². The zero-order valence-electron chi connectivity index (χ0n) is 30.2. The van der Waals surface area contributed by atoms with E-state index < -0.39 is 124 Å². The lowest BCUT2D eigenvalue weighted by molar-refractivity contribution is -0.757. The lowest BCUT2D eigenvalue weighted by Crippen LogP contribution is -2.71. The highest BCUT2D eigenvalue weighted by atomic mass is 19.1. The molecule has 1 unspecified atom stereocenters. The second-order valence-corrected chi connectivity index (χ2v) is 14.7. The first-order valence-electron chi connectivity index (χ1n) is 17.8. The van der Waals surface area contributed by atoms with E-state index in [1.807, 2.05) is 0 Å². The van der Waals surface area contributed by atoms with Crippen LogP contribution in [0.1, 0.15) is 71.6 Å². The lowest BCUT2D eigenvalue weighted by atomic mass is 9.44. The van der Waals surface area contributed by atoms with Crippen molar-refractivity contribution in [1.29, 1.82) is 0 Å². The third-order valence-corrected chi connectivity index (χ3v) is 11.6. The molecule has 0 bridgehead atoms. The fourth-order valence-electron chi connectivity index (χ4n) is 8.81. The summed E-state index contributed by atoms with van der Waals surface area (Å²) in [6.45, 7) is 0.683. The largest absolute Gasteiger partial charge is 0.464 e. The van der Waals surface area contributed by atoms with E-state index in [4.69, 9.17) is 9.47 Å². The van der Waals surface area contributed by atoms with Crippen LogP contribution >= 0.6 is 0 Å². The van der Waals surface area contributed by atoms with Gasteiger partial charge in [-0.25, -0.2) is 13.6 Å². The minimum absolute atomic E-state index is 0.0933. The summed E-state index contributed by atoms with van der Waals surface area (Å²) in [7, 11) is 0. The van der Waals surface area contributed by atoms with Gasteiger partial charge in [0.05, 0.1) is 38.4 Å². The molecule has 3 saturated carbocycles. The molecule has 0 aliphatic heterocycles. The van der Waals surface area contributed by atoms with Crippen molar-refractivity contribution in [1.82, 2.24) is 5.32 Å². The maximum Gasteiger partial charge on any atom is 0.329 e. The van der Waals surface area contributed by atoms with E-state index in [0.717, 1.165) is 12.2 Å². The fourth-order valence-corrected chi connectivity index (χ4v) is 8.81. The van der Waals surface area contributed by atoms with Crippen molar-refractivity contribution >= 4 is 29.4 Å². The van der Waals surface area contributed by atoms with E-state index in [2.05, 4.69) is 15.0 Å². The number of rotatable bonds is 19. The van der Waals surface area contributed by atoms with E-state index in [1.54, 1.807) is 0 Å². The number of nitrogens with zero attached hydrogens (tertiary/aromatic N) is 2. The predicted molar refractivity (Wildman–Crippen MR) is 177 cm³/mol. The lowest BCUT2D eigenvalue weighted by Gasteiger charge is -2.62. The summed E-state index contributed by atoms with van der Waals surface area (Å²) in [5, 5.41) is 55.4. The van der Waals surface area contributed by atoms with Gasteiger partial charge in [0.15, 0.2) is 23.7 Å². The number of hydrogen-bond acceptors (Lipinski definition) is 16. The number of Topliss-reactive ketones (excluding diaryl/α,β-unsaturated/α-hetero) is 1. The number of unbranched alkanes of at least 4 members (excludes halogenated alkanes) is 2. The van der Waals surface area contributed by atoms with Gasteiger partial charge < -0.3 is 39.8 Å². The first kappa shape index (κ1) is 43.1. The quantitative estimate of drug-likeness (QED) is 0.0612. The van der Waals surface area contributed by atoms with Gasteiger partial charge in [0.1, 0.15) is 12.2 Å². The highest BCUT2D eigenvalue weighted by molar-refractivity contribution is 6.01. The summed E-state index contributed by atoms with van der Waals surface area (Å²) < 4.78 is 43.2. The maximum atomic E-state index is 17.4. The van der Waals surface area contributed by atoms with Crippen LogP contribution in [0.25, 0.3) is 0 Å². The van der Waals surface area contributed by atoms with Crippen LogP contribution in [0.5, 0.6) is 0 Å². The Balaban J connectivity index is 1.43. The SMILES string of the molecule is C[C@]12C=CC(=O)C=C1[C@@H](F)C[C@H]1[C@@H]3C[C@H](O)[C@](O)(C(=O)COC(=O)CC(NC(=O)CCCCO[N+](=O)[O-])C(=O)OCCCCO[N+](=O)[O-])[C@@]3(C)C[C@H](O)[C@@]12F. The Morgan fingerprint density at radius 3 is 2.22 bits per heavy atom. The Kier molecular flexibility index (Phi) is 13.3. The molecule has 0 radical (unpaired) electrons. The van der Waals surface area contributed by atoms with E-state index in [9.17, 15) is 59.5 Å². The van der Waals surface area contributed by atoms with Crippen molar-refractivity contribution in [3.05, 3.63) is 44.0 Å². The molecule has 4 aliphatic rings.